The maximum absolute atomic E-state index is 13.3. The number of nitrogens with one attached hydrogen (secondary N) is 1. The van der Waals surface area contributed by atoms with Crippen LogP contribution in [0.5, 0.6) is 0 Å². The second-order valence-electron chi connectivity index (χ2n) is 6.69. The number of carbonyl (C=O) groups is 1. The number of hydrogen-bond donors (Lipinski definition) is 1. The lowest BCUT2D eigenvalue weighted by Gasteiger charge is -2.25. The van der Waals surface area contributed by atoms with Crippen LogP contribution >= 0.6 is 11.6 Å². The zero-order valence-corrected chi connectivity index (χ0v) is 18.0. The van der Waals surface area contributed by atoms with Crippen molar-refractivity contribution in [2.24, 2.45) is 0 Å². The molecule has 1 N–H and O–H groups in total. The van der Waals surface area contributed by atoms with Gasteiger partial charge in [-0.1, -0.05) is 42.6 Å². The molecule has 0 bridgehead atoms. The molecular weight excluding hydrogens is 441 g/mol. The molecule has 0 radical (unpaired) electrons. The van der Waals surface area contributed by atoms with Crippen molar-refractivity contribution in [1.29, 1.82) is 0 Å². The Balaban J connectivity index is 2.51. The van der Waals surface area contributed by atoms with Crippen molar-refractivity contribution in [2.75, 3.05) is 17.4 Å². The van der Waals surface area contributed by atoms with Gasteiger partial charge in [-0.05, 0) is 43.7 Å². The Hall–Kier alpha value is -2.26. The van der Waals surface area contributed by atoms with E-state index in [1.165, 1.54) is 12.1 Å². The fraction of sp³-hybridized carbons (Fsp3) is 0.350. The first-order chi connectivity index (χ1) is 14.0. The van der Waals surface area contributed by atoms with Gasteiger partial charge in [0.05, 0.1) is 21.2 Å². The van der Waals surface area contributed by atoms with E-state index in [0.717, 1.165) is 24.1 Å². The minimum Gasteiger partial charge on any atom is -0.355 e. The summed E-state index contributed by atoms with van der Waals surface area (Å²) in [7, 11) is -4.31. The summed E-state index contributed by atoms with van der Waals surface area (Å²) in [5, 5.41) is 2.02. The van der Waals surface area contributed by atoms with Crippen molar-refractivity contribution in [3.05, 3.63) is 58.6 Å². The van der Waals surface area contributed by atoms with Crippen molar-refractivity contribution in [1.82, 2.24) is 5.32 Å². The number of aryl methyl sites for hydroxylation is 1. The highest BCUT2D eigenvalue weighted by Crippen LogP contribution is 2.38. The lowest BCUT2D eigenvalue weighted by atomic mass is 10.2. The van der Waals surface area contributed by atoms with Crippen molar-refractivity contribution >= 4 is 33.2 Å². The van der Waals surface area contributed by atoms with E-state index in [4.69, 9.17) is 11.6 Å². The zero-order chi connectivity index (χ0) is 22.5. The van der Waals surface area contributed by atoms with Gasteiger partial charge in [-0.2, -0.15) is 13.2 Å². The Morgan fingerprint density at radius 2 is 1.77 bits per heavy atom. The maximum Gasteiger partial charge on any atom is 0.417 e. The second-order valence-corrected chi connectivity index (χ2v) is 8.96. The average Bonchev–Trinajstić information content (AvgIpc) is 2.66. The van der Waals surface area contributed by atoms with Gasteiger partial charge in [-0.25, -0.2) is 8.42 Å². The van der Waals surface area contributed by atoms with Crippen LogP contribution in [0.1, 0.15) is 30.9 Å². The number of halogens is 4. The van der Waals surface area contributed by atoms with Crippen LogP contribution in [0.15, 0.2) is 47.4 Å². The fourth-order valence-electron chi connectivity index (χ4n) is 2.63. The Morgan fingerprint density at radius 3 is 2.33 bits per heavy atom. The van der Waals surface area contributed by atoms with Gasteiger partial charge in [0.15, 0.2) is 0 Å². The molecule has 0 saturated carbocycles. The number of benzene rings is 2. The SMILES string of the molecule is CCCCNC(=O)CN(c1ccc(Cl)c(C(F)(F)F)c1)S(=O)(=O)c1ccc(C)cc1. The number of nitrogens with zero attached hydrogens (tertiary/aromatic N) is 1. The van der Waals surface area contributed by atoms with Crippen molar-refractivity contribution < 1.29 is 26.4 Å². The third-order valence-electron chi connectivity index (χ3n) is 4.29. The number of rotatable bonds is 8. The summed E-state index contributed by atoms with van der Waals surface area (Å²) in [5.41, 5.74) is -0.682. The van der Waals surface area contributed by atoms with Crippen molar-refractivity contribution in [2.45, 2.75) is 37.8 Å². The molecular formula is C20H22ClF3N2O3S. The molecule has 10 heteroatoms. The van der Waals surface area contributed by atoms with Gasteiger partial charge >= 0.3 is 6.18 Å². The first-order valence-corrected chi connectivity index (χ1v) is 11.0. The number of alkyl halides is 3. The molecule has 2 rings (SSSR count). The number of carbonyl (C=O) groups excluding carboxylic acids is 1. The van der Waals surface area contributed by atoms with Gasteiger partial charge in [0, 0.05) is 6.54 Å². The summed E-state index contributed by atoms with van der Waals surface area (Å²) in [5.74, 6) is -0.623. The molecule has 2 aromatic carbocycles. The summed E-state index contributed by atoms with van der Waals surface area (Å²) < 4.78 is 66.9. The van der Waals surface area contributed by atoms with E-state index < -0.39 is 39.2 Å². The first-order valence-electron chi connectivity index (χ1n) is 9.19. The molecule has 0 unspecified atom stereocenters. The minimum absolute atomic E-state index is 0.141. The lowest BCUT2D eigenvalue weighted by Crippen LogP contribution is -2.41. The number of hydrogen-bond acceptors (Lipinski definition) is 3. The van der Waals surface area contributed by atoms with E-state index in [-0.39, 0.29) is 10.6 Å². The molecule has 164 valence electrons. The maximum atomic E-state index is 13.3. The third kappa shape index (κ3) is 5.89. The molecule has 0 aliphatic rings. The Labute approximate surface area is 178 Å². The van der Waals surface area contributed by atoms with Gasteiger partial charge in [0.25, 0.3) is 10.0 Å². The summed E-state index contributed by atoms with van der Waals surface area (Å²) in [6.07, 6.45) is -3.27. The van der Waals surface area contributed by atoms with Crippen LogP contribution in [-0.2, 0) is 21.0 Å². The smallest absolute Gasteiger partial charge is 0.355 e. The van der Waals surface area contributed by atoms with E-state index in [2.05, 4.69) is 5.32 Å². The molecule has 5 nitrogen and oxygen atoms in total. The number of amides is 1. The molecule has 0 aliphatic carbocycles. The van der Waals surface area contributed by atoms with Gasteiger partial charge in [0.1, 0.15) is 6.54 Å². The first kappa shape index (κ1) is 24.0. The van der Waals surface area contributed by atoms with Gasteiger partial charge in [-0.3, -0.25) is 9.10 Å². The molecule has 1 amide bonds. The van der Waals surface area contributed by atoms with E-state index in [1.807, 2.05) is 6.92 Å². The molecule has 30 heavy (non-hydrogen) atoms. The third-order valence-corrected chi connectivity index (χ3v) is 6.41. The molecule has 0 atom stereocenters. The van der Waals surface area contributed by atoms with Crippen LogP contribution in [0.3, 0.4) is 0 Å². The fourth-order valence-corrected chi connectivity index (χ4v) is 4.27. The van der Waals surface area contributed by atoms with E-state index in [0.29, 0.717) is 23.3 Å². The van der Waals surface area contributed by atoms with Gasteiger partial charge in [0.2, 0.25) is 5.91 Å². The normalized spacial score (nSPS) is 11.9. The van der Waals surface area contributed by atoms with Crippen molar-refractivity contribution in [3.8, 4) is 0 Å². The standard InChI is InChI=1S/C20H22ClF3N2O3S/c1-3-4-11-25-19(27)13-26(30(28,29)16-8-5-14(2)6-9-16)15-7-10-18(21)17(12-15)20(22,23)24/h5-10,12H,3-4,11,13H2,1-2H3,(H,25,27). The second kappa shape index (κ2) is 9.70. The highest BCUT2D eigenvalue weighted by atomic mass is 35.5. The van der Waals surface area contributed by atoms with E-state index >= 15 is 0 Å². The Kier molecular flexibility index (Phi) is 7.76. The summed E-state index contributed by atoms with van der Waals surface area (Å²) in [6, 6.07) is 8.55. The van der Waals surface area contributed by atoms with E-state index in [9.17, 15) is 26.4 Å². The topological polar surface area (TPSA) is 66.5 Å². The average molecular weight is 463 g/mol. The predicted octanol–water partition coefficient (Wildman–Crippen LogP) is 4.78. The van der Waals surface area contributed by atoms with E-state index in [1.54, 1.807) is 19.1 Å². The predicted molar refractivity (Wildman–Crippen MR) is 110 cm³/mol. The monoisotopic (exact) mass is 462 g/mol. The summed E-state index contributed by atoms with van der Waals surface area (Å²) >= 11 is 5.66. The van der Waals surface area contributed by atoms with Crippen LogP contribution in [0.25, 0.3) is 0 Å². The van der Waals surface area contributed by atoms with Crippen molar-refractivity contribution in [3.63, 3.8) is 0 Å². The highest BCUT2D eigenvalue weighted by Gasteiger charge is 2.35. The largest absolute Gasteiger partial charge is 0.417 e. The lowest BCUT2D eigenvalue weighted by molar-refractivity contribution is -0.137. The highest BCUT2D eigenvalue weighted by molar-refractivity contribution is 7.92. The zero-order valence-electron chi connectivity index (χ0n) is 16.5. The number of unbranched alkanes of at least 4 members (excludes halogenated alkanes) is 1. The van der Waals surface area contributed by atoms with Crippen LogP contribution in [0.4, 0.5) is 18.9 Å². The van der Waals surface area contributed by atoms with Crippen LogP contribution in [-0.4, -0.2) is 27.4 Å². The Morgan fingerprint density at radius 1 is 1.13 bits per heavy atom. The quantitative estimate of drug-likeness (QED) is 0.574. The molecule has 2 aromatic rings. The van der Waals surface area contributed by atoms with Crippen LogP contribution in [0.2, 0.25) is 5.02 Å². The minimum atomic E-state index is -4.78. The summed E-state index contributed by atoms with van der Waals surface area (Å²) in [4.78, 5) is 12.2. The van der Waals surface area contributed by atoms with Gasteiger partial charge in [-0.15, -0.1) is 0 Å². The Bertz CT molecular complexity index is 993. The molecule has 0 aromatic heterocycles. The molecule has 0 spiro atoms. The number of anilines is 1. The molecule has 0 saturated heterocycles. The van der Waals surface area contributed by atoms with Crippen LogP contribution < -0.4 is 9.62 Å². The molecule has 0 aliphatic heterocycles. The molecule has 0 fully saturated rings. The van der Waals surface area contributed by atoms with Gasteiger partial charge < -0.3 is 5.32 Å². The molecule has 0 heterocycles. The van der Waals surface area contributed by atoms with Crippen LogP contribution in [0, 0.1) is 6.92 Å². The summed E-state index contributed by atoms with van der Waals surface area (Å²) in [6.45, 7) is 3.36. The number of sulfonamides is 1.